The van der Waals surface area contributed by atoms with Gasteiger partial charge in [-0.3, -0.25) is 4.98 Å². The lowest BCUT2D eigenvalue weighted by Crippen LogP contribution is -2.23. The van der Waals surface area contributed by atoms with Crippen LogP contribution in [0.1, 0.15) is 19.0 Å². The van der Waals surface area contributed by atoms with Crippen molar-refractivity contribution in [1.82, 2.24) is 10.3 Å². The summed E-state index contributed by atoms with van der Waals surface area (Å²) in [5, 5.41) is 3.33. The number of hydrogen-bond donors (Lipinski definition) is 1. The first-order chi connectivity index (χ1) is 6.90. The molecule has 1 aromatic heterocycles. The number of hydrogen-bond acceptors (Lipinski definition) is 2. The van der Waals surface area contributed by atoms with Crippen molar-refractivity contribution < 1.29 is 0 Å². The molecule has 0 saturated heterocycles. The van der Waals surface area contributed by atoms with Crippen LogP contribution in [0.3, 0.4) is 0 Å². The smallest absolute Gasteiger partial charge is 0.0716 e. The zero-order valence-electron chi connectivity index (χ0n) is 8.27. The zero-order chi connectivity index (χ0) is 9.80. The van der Waals surface area contributed by atoms with Crippen molar-refractivity contribution >= 4 is 5.57 Å². The molecule has 1 aromatic rings. The summed E-state index contributed by atoms with van der Waals surface area (Å²) in [5.74, 6) is 0. The summed E-state index contributed by atoms with van der Waals surface area (Å²) in [6.07, 6.45) is 9.28. The van der Waals surface area contributed by atoms with Crippen molar-refractivity contribution in [2.75, 3.05) is 0 Å². The van der Waals surface area contributed by atoms with Gasteiger partial charge in [0.2, 0.25) is 0 Å². The Morgan fingerprint density at radius 2 is 2.36 bits per heavy atom. The first kappa shape index (κ1) is 9.00. The maximum atomic E-state index is 4.29. The fourth-order valence-corrected chi connectivity index (χ4v) is 1.47. The van der Waals surface area contributed by atoms with E-state index in [-0.39, 0.29) is 0 Å². The molecular formula is C12H14N2. The monoisotopic (exact) mass is 186 g/mol. The third-order valence-corrected chi connectivity index (χ3v) is 2.36. The molecule has 1 unspecified atom stereocenters. The summed E-state index contributed by atoms with van der Waals surface area (Å²) in [7, 11) is 0. The van der Waals surface area contributed by atoms with E-state index in [0.29, 0.717) is 6.04 Å². The molecule has 2 heterocycles. The average molecular weight is 186 g/mol. The van der Waals surface area contributed by atoms with Gasteiger partial charge in [0.05, 0.1) is 5.69 Å². The van der Waals surface area contributed by atoms with Crippen molar-refractivity contribution in [3.8, 4) is 0 Å². The van der Waals surface area contributed by atoms with Gasteiger partial charge in [0.15, 0.2) is 0 Å². The lowest BCUT2D eigenvalue weighted by Gasteiger charge is -2.16. The molecule has 0 bridgehead atoms. The molecule has 0 radical (unpaired) electrons. The van der Waals surface area contributed by atoms with Crippen LogP contribution in [-0.2, 0) is 0 Å². The molecule has 0 aliphatic carbocycles. The third kappa shape index (κ3) is 1.84. The van der Waals surface area contributed by atoms with Crippen LogP contribution in [0.2, 0.25) is 0 Å². The fraction of sp³-hybridized carbons (Fsp3) is 0.250. The summed E-state index contributed by atoms with van der Waals surface area (Å²) < 4.78 is 0. The van der Waals surface area contributed by atoms with E-state index in [2.05, 4.69) is 29.4 Å². The predicted octanol–water partition coefficient (Wildman–Crippen LogP) is 2.36. The Kier molecular flexibility index (Phi) is 2.63. The summed E-state index contributed by atoms with van der Waals surface area (Å²) in [5.41, 5.74) is 2.17. The molecular weight excluding hydrogens is 172 g/mol. The molecule has 0 saturated carbocycles. The first-order valence-corrected chi connectivity index (χ1v) is 4.96. The van der Waals surface area contributed by atoms with E-state index in [0.717, 1.165) is 17.7 Å². The van der Waals surface area contributed by atoms with Crippen LogP contribution in [-0.4, -0.2) is 11.0 Å². The van der Waals surface area contributed by atoms with Gasteiger partial charge in [0.1, 0.15) is 0 Å². The molecule has 0 aromatic carbocycles. The van der Waals surface area contributed by atoms with E-state index in [1.54, 1.807) is 0 Å². The van der Waals surface area contributed by atoms with Crippen molar-refractivity contribution in [2.45, 2.75) is 19.4 Å². The highest BCUT2D eigenvalue weighted by Gasteiger charge is 2.06. The first-order valence-electron chi connectivity index (χ1n) is 4.96. The predicted molar refractivity (Wildman–Crippen MR) is 58.6 cm³/mol. The van der Waals surface area contributed by atoms with Crippen molar-refractivity contribution in [3.05, 3.63) is 48.4 Å². The minimum atomic E-state index is 0.475. The molecule has 2 nitrogen and oxygen atoms in total. The molecule has 2 rings (SSSR count). The van der Waals surface area contributed by atoms with Crippen molar-refractivity contribution in [3.63, 3.8) is 0 Å². The second-order valence-electron chi connectivity index (χ2n) is 3.36. The standard InChI is InChI=1S/C12H14N2/c1-2-11-7-6-10(9-14-11)12-5-3-4-8-13-12/h3-9,11,14H,2H2,1H3. The second-order valence-corrected chi connectivity index (χ2v) is 3.36. The lowest BCUT2D eigenvalue weighted by atomic mass is 10.1. The molecule has 1 atom stereocenters. The van der Waals surface area contributed by atoms with Gasteiger partial charge in [0.25, 0.3) is 0 Å². The van der Waals surface area contributed by atoms with Gasteiger partial charge in [-0.2, -0.15) is 0 Å². The van der Waals surface area contributed by atoms with Gasteiger partial charge in [0, 0.05) is 24.0 Å². The Morgan fingerprint density at radius 3 is 2.93 bits per heavy atom. The molecule has 1 N–H and O–H groups in total. The van der Waals surface area contributed by atoms with Crippen molar-refractivity contribution in [2.24, 2.45) is 0 Å². The van der Waals surface area contributed by atoms with Gasteiger partial charge < -0.3 is 5.32 Å². The Hall–Kier alpha value is -1.57. The highest BCUT2D eigenvalue weighted by Crippen LogP contribution is 2.15. The zero-order valence-corrected chi connectivity index (χ0v) is 8.27. The number of aromatic nitrogens is 1. The van der Waals surface area contributed by atoms with Gasteiger partial charge in [-0.1, -0.05) is 25.1 Å². The summed E-state index contributed by atoms with van der Waals surface area (Å²) in [6.45, 7) is 2.17. The van der Waals surface area contributed by atoms with Crippen LogP contribution in [0.25, 0.3) is 5.57 Å². The highest BCUT2D eigenvalue weighted by atomic mass is 14.9. The van der Waals surface area contributed by atoms with Crippen LogP contribution in [0.15, 0.2) is 42.7 Å². The Balaban J connectivity index is 2.16. The number of allylic oxidation sites excluding steroid dienone is 2. The molecule has 2 heteroatoms. The van der Waals surface area contributed by atoms with Gasteiger partial charge in [-0.25, -0.2) is 0 Å². The molecule has 1 aliphatic heterocycles. The fourth-order valence-electron chi connectivity index (χ4n) is 1.47. The topological polar surface area (TPSA) is 24.9 Å². The van der Waals surface area contributed by atoms with Gasteiger partial charge >= 0.3 is 0 Å². The lowest BCUT2D eigenvalue weighted by molar-refractivity contribution is 0.672. The van der Waals surface area contributed by atoms with Crippen LogP contribution in [0, 0.1) is 0 Å². The van der Waals surface area contributed by atoms with Crippen LogP contribution in [0.4, 0.5) is 0 Å². The number of nitrogens with one attached hydrogen (secondary N) is 1. The Labute approximate surface area is 84.4 Å². The average Bonchev–Trinajstić information content (AvgIpc) is 2.30. The Bertz CT molecular complexity index is 352. The van der Waals surface area contributed by atoms with Gasteiger partial charge in [-0.15, -0.1) is 0 Å². The molecule has 0 amide bonds. The van der Waals surface area contributed by atoms with E-state index in [9.17, 15) is 0 Å². The van der Waals surface area contributed by atoms with E-state index >= 15 is 0 Å². The third-order valence-electron chi connectivity index (χ3n) is 2.36. The summed E-state index contributed by atoms with van der Waals surface area (Å²) >= 11 is 0. The molecule has 0 spiro atoms. The molecule has 1 aliphatic rings. The largest absolute Gasteiger partial charge is 0.384 e. The highest BCUT2D eigenvalue weighted by molar-refractivity contribution is 5.72. The van der Waals surface area contributed by atoms with E-state index in [4.69, 9.17) is 0 Å². The normalized spacial score (nSPS) is 20.1. The van der Waals surface area contributed by atoms with E-state index < -0.39 is 0 Å². The number of dihydropyridines is 1. The van der Waals surface area contributed by atoms with E-state index in [1.165, 1.54) is 0 Å². The molecule has 14 heavy (non-hydrogen) atoms. The van der Waals surface area contributed by atoms with E-state index in [1.807, 2.05) is 30.6 Å². The molecule has 72 valence electrons. The Morgan fingerprint density at radius 1 is 1.43 bits per heavy atom. The maximum absolute atomic E-state index is 4.29. The second kappa shape index (κ2) is 4.09. The quantitative estimate of drug-likeness (QED) is 0.767. The minimum Gasteiger partial charge on any atom is -0.384 e. The maximum Gasteiger partial charge on any atom is 0.0716 e. The van der Waals surface area contributed by atoms with Crippen LogP contribution < -0.4 is 5.32 Å². The number of rotatable bonds is 2. The number of nitrogens with zero attached hydrogens (tertiary/aromatic N) is 1. The summed E-state index contributed by atoms with van der Waals surface area (Å²) in [6, 6.07) is 6.42. The van der Waals surface area contributed by atoms with Gasteiger partial charge in [-0.05, 0) is 18.6 Å². The molecule has 0 fully saturated rings. The van der Waals surface area contributed by atoms with Crippen LogP contribution >= 0.6 is 0 Å². The van der Waals surface area contributed by atoms with Crippen LogP contribution in [0.5, 0.6) is 0 Å². The minimum absolute atomic E-state index is 0.475. The summed E-state index contributed by atoms with van der Waals surface area (Å²) in [4.78, 5) is 4.29. The number of pyridine rings is 1. The SMILES string of the molecule is CCC1C=CC(c2ccccn2)=CN1. The van der Waals surface area contributed by atoms with Crippen molar-refractivity contribution in [1.29, 1.82) is 0 Å².